The maximum absolute atomic E-state index is 10.9. The summed E-state index contributed by atoms with van der Waals surface area (Å²) in [7, 11) is 0. The number of hydrogen-bond acceptors (Lipinski definition) is 4. The first-order valence-corrected chi connectivity index (χ1v) is 4.64. The topological polar surface area (TPSA) is 92.3 Å². The molecule has 0 rings (SSSR count). The summed E-state index contributed by atoms with van der Waals surface area (Å²) in [5.74, 6) is -2.65. The number of amides is 2. The molecule has 0 aliphatic heterocycles. The SMILES string of the molecule is CCC(=O)C(=O)NCNC(=O)C(=O)CC. The molecule has 0 spiro atoms. The summed E-state index contributed by atoms with van der Waals surface area (Å²) in [4.78, 5) is 43.4. The molecule has 0 aromatic carbocycles. The number of rotatable bonds is 6. The van der Waals surface area contributed by atoms with E-state index in [1.807, 2.05) is 0 Å². The van der Waals surface area contributed by atoms with Gasteiger partial charge in [0.25, 0.3) is 11.8 Å². The van der Waals surface area contributed by atoms with Gasteiger partial charge in [0.05, 0.1) is 6.67 Å². The third kappa shape index (κ3) is 4.90. The molecule has 0 heterocycles. The molecule has 2 amide bonds. The molecule has 0 aromatic heterocycles. The van der Waals surface area contributed by atoms with E-state index in [0.717, 1.165) is 0 Å². The Kier molecular flexibility index (Phi) is 5.92. The molecule has 6 heteroatoms. The number of carbonyl (C=O) groups is 4. The molecule has 0 unspecified atom stereocenters. The van der Waals surface area contributed by atoms with Gasteiger partial charge in [-0.05, 0) is 0 Å². The number of nitrogens with one attached hydrogen (secondary N) is 2. The van der Waals surface area contributed by atoms with E-state index in [0.29, 0.717) is 0 Å². The van der Waals surface area contributed by atoms with Crippen LogP contribution in [-0.2, 0) is 19.2 Å². The van der Waals surface area contributed by atoms with Crippen LogP contribution in [0.5, 0.6) is 0 Å². The summed E-state index contributed by atoms with van der Waals surface area (Å²) in [6.45, 7) is 2.90. The minimum atomic E-state index is -0.762. The average molecular weight is 214 g/mol. The summed E-state index contributed by atoms with van der Waals surface area (Å²) in [5, 5.41) is 4.34. The van der Waals surface area contributed by atoms with Crippen LogP contribution < -0.4 is 10.6 Å². The quantitative estimate of drug-likeness (QED) is 0.444. The molecule has 0 aliphatic carbocycles. The molecule has 2 N–H and O–H groups in total. The van der Waals surface area contributed by atoms with E-state index in [2.05, 4.69) is 10.6 Å². The van der Waals surface area contributed by atoms with Crippen molar-refractivity contribution in [2.24, 2.45) is 0 Å². The highest BCUT2D eigenvalue weighted by Crippen LogP contribution is 1.81. The number of hydrogen-bond donors (Lipinski definition) is 2. The molecular weight excluding hydrogens is 200 g/mol. The van der Waals surface area contributed by atoms with E-state index in [9.17, 15) is 19.2 Å². The van der Waals surface area contributed by atoms with Gasteiger partial charge in [0, 0.05) is 12.8 Å². The largest absolute Gasteiger partial charge is 0.332 e. The highest BCUT2D eigenvalue weighted by Gasteiger charge is 2.12. The van der Waals surface area contributed by atoms with Gasteiger partial charge in [0.2, 0.25) is 11.6 Å². The maximum Gasteiger partial charge on any atom is 0.288 e. The Labute approximate surface area is 87.4 Å². The van der Waals surface area contributed by atoms with Crippen molar-refractivity contribution < 1.29 is 19.2 Å². The van der Waals surface area contributed by atoms with Gasteiger partial charge in [0.15, 0.2) is 0 Å². The summed E-state index contributed by atoms with van der Waals surface area (Å²) in [5.41, 5.74) is 0. The monoisotopic (exact) mass is 214 g/mol. The molecule has 15 heavy (non-hydrogen) atoms. The minimum Gasteiger partial charge on any atom is -0.332 e. The van der Waals surface area contributed by atoms with Gasteiger partial charge < -0.3 is 10.6 Å². The Morgan fingerprint density at radius 3 is 1.40 bits per heavy atom. The van der Waals surface area contributed by atoms with E-state index in [1.54, 1.807) is 13.8 Å². The van der Waals surface area contributed by atoms with Gasteiger partial charge in [-0.15, -0.1) is 0 Å². The molecular formula is C9H14N2O4. The fourth-order valence-corrected chi connectivity index (χ4v) is 0.723. The van der Waals surface area contributed by atoms with Crippen LogP contribution in [-0.4, -0.2) is 30.0 Å². The van der Waals surface area contributed by atoms with Crippen LogP contribution in [0.1, 0.15) is 26.7 Å². The average Bonchev–Trinajstić information content (AvgIpc) is 2.26. The first-order valence-electron chi connectivity index (χ1n) is 4.64. The van der Waals surface area contributed by atoms with Crippen LogP contribution in [0.3, 0.4) is 0 Å². The van der Waals surface area contributed by atoms with Crippen molar-refractivity contribution in [2.75, 3.05) is 6.67 Å². The Balaban J connectivity index is 3.80. The van der Waals surface area contributed by atoms with E-state index in [4.69, 9.17) is 0 Å². The standard InChI is InChI=1S/C9H14N2O4/c1-3-6(12)8(14)10-5-11-9(15)7(13)4-2/h3-5H2,1-2H3,(H,10,14)(H,11,15). The Morgan fingerprint density at radius 1 is 0.800 bits per heavy atom. The maximum atomic E-state index is 10.9. The van der Waals surface area contributed by atoms with E-state index in [-0.39, 0.29) is 19.5 Å². The molecule has 0 fully saturated rings. The Hall–Kier alpha value is -1.72. The van der Waals surface area contributed by atoms with Gasteiger partial charge in [-0.3, -0.25) is 19.2 Å². The minimum absolute atomic E-state index is 0.105. The second kappa shape index (κ2) is 6.69. The number of Topliss-reactive ketones (excluding diaryl/α,β-unsaturated/α-hetero) is 2. The van der Waals surface area contributed by atoms with Gasteiger partial charge in [-0.2, -0.15) is 0 Å². The molecule has 0 atom stereocenters. The van der Waals surface area contributed by atoms with Crippen molar-refractivity contribution in [2.45, 2.75) is 26.7 Å². The zero-order valence-electron chi connectivity index (χ0n) is 8.75. The van der Waals surface area contributed by atoms with Crippen molar-refractivity contribution in [3.05, 3.63) is 0 Å². The number of carbonyl (C=O) groups excluding carboxylic acids is 4. The summed E-state index contributed by atoms with van der Waals surface area (Å²) >= 11 is 0. The molecule has 0 aliphatic rings. The molecule has 0 saturated heterocycles. The second-order valence-corrected chi connectivity index (χ2v) is 2.74. The van der Waals surface area contributed by atoms with Gasteiger partial charge in [-0.1, -0.05) is 13.8 Å². The fraction of sp³-hybridized carbons (Fsp3) is 0.556. The van der Waals surface area contributed by atoms with Crippen LogP contribution in [0.25, 0.3) is 0 Å². The smallest absolute Gasteiger partial charge is 0.288 e. The summed E-state index contributed by atoms with van der Waals surface area (Å²) in [6, 6.07) is 0. The molecule has 84 valence electrons. The zero-order valence-corrected chi connectivity index (χ0v) is 8.75. The molecule has 6 nitrogen and oxygen atoms in total. The Morgan fingerprint density at radius 2 is 1.13 bits per heavy atom. The lowest BCUT2D eigenvalue weighted by Gasteiger charge is -2.04. The van der Waals surface area contributed by atoms with Crippen LogP contribution in [0.15, 0.2) is 0 Å². The van der Waals surface area contributed by atoms with Crippen molar-refractivity contribution in [3.8, 4) is 0 Å². The first kappa shape index (κ1) is 13.3. The third-order valence-electron chi connectivity index (χ3n) is 1.65. The highest BCUT2D eigenvalue weighted by atomic mass is 16.2. The van der Waals surface area contributed by atoms with Gasteiger partial charge in [-0.25, -0.2) is 0 Å². The van der Waals surface area contributed by atoms with E-state index < -0.39 is 23.4 Å². The second-order valence-electron chi connectivity index (χ2n) is 2.74. The number of ketones is 2. The van der Waals surface area contributed by atoms with Crippen LogP contribution in [0, 0.1) is 0 Å². The van der Waals surface area contributed by atoms with Crippen LogP contribution in [0.4, 0.5) is 0 Å². The lowest BCUT2D eigenvalue weighted by molar-refractivity contribution is -0.139. The lowest BCUT2D eigenvalue weighted by Crippen LogP contribution is -2.42. The van der Waals surface area contributed by atoms with E-state index >= 15 is 0 Å². The third-order valence-corrected chi connectivity index (χ3v) is 1.65. The Bertz CT molecular complexity index is 258. The predicted octanol–water partition coefficient (Wildman–Crippen LogP) is -0.865. The van der Waals surface area contributed by atoms with Crippen LogP contribution >= 0.6 is 0 Å². The lowest BCUT2D eigenvalue weighted by atomic mass is 10.3. The fourth-order valence-electron chi connectivity index (χ4n) is 0.723. The summed E-state index contributed by atoms with van der Waals surface area (Å²) in [6.07, 6.45) is 0.210. The van der Waals surface area contributed by atoms with Gasteiger partial charge in [0.1, 0.15) is 0 Å². The van der Waals surface area contributed by atoms with Crippen molar-refractivity contribution in [1.29, 1.82) is 0 Å². The molecule has 0 radical (unpaired) electrons. The van der Waals surface area contributed by atoms with Crippen molar-refractivity contribution in [1.82, 2.24) is 10.6 Å². The van der Waals surface area contributed by atoms with Crippen molar-refractivity contribution in [3.63, 3.8) is 0 Å². The molecule has 0 saturated carbocycles. The van der Waals surface area contributed by atoms with Crippen LogP contribution in [0.2, 0.25) is 0 Å². The van der Waals surface area contributed by atoms with Crippen molar-refractivity contribution >= 4 is 23.4 Å². The summed E-state index contributed by atoms with van der Waals surface area (Å²) < 4.78 is 0. The van der Waals surface area contributed by atoms with E-state index in [1.165, 1.54) is 0 Å². The zero-order chi connectivity index (χ0) is 11.8. The highest BCUT2D eigenvalue weighted by molar-refractivity contribution is 6.37. The normalized spacial score (nSPS) is 9.20. The molecule has 0 aromatic rings. The predicted molar refractivity (Wildman–Crippen MR) is 51.7 cm³/mol. The molecule has 0 bridgehead atoms. The first-order chi connectivity index (χ1) is 7.02. The van der Waals surface area contributed by atoms with Gasteiger partial charge >= 0.3 is 0 Å².